The van der Waals surface area contributed by atoms with Gasteiger partial charge in [0.2, 0.25) is 0 Å². The van der Waals surface area contributed by atoms with Crippen LogP contribution in [0.25, 0.3) is 0 Å². The quantitative estimate of drug-likeness (QED) is 0.435. The summed E-state index contributed by atoms with van der Waals surface area (Å²) in [6, 6.07) is 10.1. The van der Waals surface area contributed by atoms with Gasteiger partial charge in [-0.25, -0.2) is 0 Å². The van der Waals surface area contributed by atoms with Gasteiger partial charge in [0.1, 0.15) is 17.3 Å². The molecule has 5 nitrogen and oxygen atoms in total. The molecule has 1 aromatic carbocycles. The summed E-state index contributed by atoms with van der Waals surface area (Å²) < 4.78 is 11.0. The molecule has 2 aromatic rings. The van der Waals surface area contributed by atoms with Crippen molar-refractivity contribution in [1.29, 1.82) is 0 Å². The van der Waals surface area contributed by atoms with Crippen LogP contribution in [-0.4, -0.2) is 32.1 Å². The predicted molar refractivity (Wildman–Crippen MR) is 108 cm³/mol. The van der Waals surface area contributed by atoms with Crippen LogP contribution in [0.15, 0.2) is 39.7 Å². The number of hydrogen-bond acceptors (Lipinski definition) is 3. The van der Waals surface area contributed by atoms with Gasteiger partial charge in [-0.2, -0.15) is 0 Å². The van der Waals surface area contributed by atoms with Crippen molar-refractivity contribution in [2.24, 2.45) is 4.99 Å². The molecule has 0 fully saturated rings. The fourth-order valence-electron chi connectivity index (χ4n) is 2.58. The van der Waals surface area contributed by atoms with E-state index in [9.17, 15) is 0 Å². The molecule has 1 aromatic heterocycles. The van der Waals surface area contributed by atoms with Gasteiger partial charge in [0, 0.05) is 38.3 Å². The first-order valence-electron chi connectivity index (χ1n) is 7.64. The maximum atomic E-state index is 5.56. The molecule has 0 aliphatic rings. The Bertz CT molecular complexity index is 683. The highest BCUT2D eigenvalue weighted by atomic mass is 127. The van der Waals surface area contributed by atoms with Gasteiger partial charge in [-0.15, -0.1) is 24.0 Å². The van der Waals surface area contributed by atoms with Crippen LogP contribution < -0.4 is 10.1 Å². The summed E-state index contributed by atoms with van der Waals surface area (Å²) in [4.78, 5) is 6.42. The Labute approximate surface area is 161 Å². The lowest BCUT2D eigenvalue weighted by molar-refractivity contribution is 0.396. The zero-order valence-corrected chi connectivity index (χ0v) is 17.3. The molecular formula is C18H26IN3O2. The summed E-state index contributed by atoms with van der Waals surface area (Å²) in [6.45, 7) is 5.34. The summed E-state index contributed by atoms with van der Waals surface area (Å²) >= 11 is 0. The Hall–Kier alpha value is -1.70. The topological polar surface area (TPSA) is 50.0 Å². The number of guanidine groups is 1. The van der Waals surface area contributed by atoms with Crippen molar-refractivity contribution in [2.75, 3.05) is 21.2 Å². The number of aliphatic imine (C=N–C) groups is 1. The van der Waals surface area contributed by atoms with E-state index in [0.717, 1.165) is 34.4 Å². The van der Waals surface area contributed by atoms with E-state index in [4.69, 9.17) is 9.15 Å². The SMILES string of the molecule is CN=C(NCc1cc(C)oc1C)N(C)Cc1ccccc1OC.I. The lowest BCUT2D eigenvalue weighted by atomic mass is 10.2. The van der Waals surface area contributed by atoms with E-state index < -0.39 is 0 Å². The largest absolute Gasteiger partial charge is 0.496 e. The van der Waals surface area contributed by atoms with Crippen molar-refractivity contribution in [3.05, 3.63) is 53.0 Å². The van der Waals surface area contributed by atoms with E-state index >= 15 is 0 Å². The molecule has 0 unspecified atom stereocenters. The van der Waals surface area contributed by atoms with Crippen LogP contribution in [0.5, 0.6) is 5.75 Å². The normalized spacial score (nSPS) is 11.0. The van der Waals surface area contributed by atoms with Gasteiger partial charge < -0.3 is 19.4 Å². The van der Waals surface area contributed by atoms with Crippen molar-refractivity contribution in [3.8, 4) is 5.75 Å². The molecule has 0 spiro atoms. The summed E-state index contributed by atoms with van der Waals surface area (Å²) in [5.74, 6) is 3.58. The molecule has 1 heterocycles. The van der Waals surface area contributed by atoms with Crippen LogP contribution in [0, 0.1) is 13.8 Å². The monoisotopic (exact) mass is 443 g/mol. The Kier molecular flexibility index (Phi) is 8.10. The molecule has 0 saturated heterocycles. The zero-order valence-electron chi connectivity index (χ0n) is 14.9. The summed E-state index contributed by atoms with van der Waals surface area (Å²) in [7, 11) is 5.49. The first kappa shape index (κ1) is 20.3. The highest BCUT2D eigenvalue weighted by molar-refractivity contribution is 14.0. The van der Waals surface area contributed by atoms with Gasteiger partial charge >= 0.3 is 0 Å². The maximum absolute atomic E-state index is 5.56. The molecule has 2 rings (SSSR count). The van der Waals surface area contributed by atoms with Crippen molar-refractivity contribution < 1.29 is 9.15 Å². The number of rotatable bonds is 5. The molecule has 6 heteroatoms. The molecule has 0 aliphatic heterocycles. The van der Waals surface area contributed by atoms with Gasteiger partial charge in [0.25, 0.3) is 0 Å². The smallest absolute Gasteiger partial charge is 0.193 e. The molecule has 0 atom stereocenters. The predicted octanol–water partition coefficient (Wildman–Crippen LogP) is 3.73. The number of methoxy groups -OCH3 is 1. The standard InChI is InChI=1S/C18H25N3O2.HI/c1-13-10-16(14(2)23-13)11-20-18(19-3)21(4)12-15-8-6-7-9-17(15)22-5;/h6-10H,11-12H2,1-5H3,(H,19,20);1H. The minimum atomic E-state index is 0. The number of aryl methyl sites for hydroxylation is 2. The molecule has 24 heavy (non-hydrogen) atoms. The molecule has 0 aliphatic carbocycles. The van der Waals surface area contributed by atoms with Gasteiger partial charge in [-0.1, -0.05) is 18.2 Å². The van der Waals surface area contributed by atoms with Crippen molar-refractivity contribution in [3.63, 3.8) is 0 Å². The molecule has 0 amide bonds. The lowest BCUT2D eigenvalue weighted by Gasteiger charge is -2.23. The Morgan fingerprint density at radius 2 is 1.96 bits per heavy atom. The van der Waals surface area contributed by atoms with Crippen LogP contribution in [0.2, 0.25) is 0 Å². The van der Waals surface area contributed by atoms with E-state index in [1.807, 2.05) is 39.1 Å². The molecule has 132 valence electrons. The van der Waals surface area contributed by atoms with Crippen LogP contribution in [0.3, 0.4) is 0 Å². The highest BCUT2D eigenvalue weighted by Gasteiger charge is 2.11. The first-order valence-corrected chi connectivity index (χ1v) is 7.64. The second-order valence-electron chi connectivity index (χ2n) is 5.51. The average Bonchev–Trinajstić information content (AvgIpc) is 2.86. The number of ether oxygens (including phenoxy) is 1. The van der Waals surface area contributed by atoms with Gasteiger partial charge in [-0.3, -0.25) is 4.99 Å². The van der Waals surface area contributed by atoms with E-state index in [2.05, 4.69) is 27.3 Å². The van der Waals surface area contributed by atoms with Crippen LogP contribution in [0.4, 0.5) is 0 Å². The second kappa shape index (κ2) is 9.56. The van der Waals surface area contributed by atoms with E-state index in [0.29, 0.717) is 13.1 Å². The summed E-state index contributed by atoms with van der Waals surface area (Å²) in [5.41, 5.74) is 2.27. The van der Waals surface area contributed by atoms with Crippen molar-refractivity contribution in [1.82, 2.24) is 10.2 Å². The summed E-state index contributed by atoms with van der Waals surface area (Å²) in [5, 5.41) is 3.37. The average molecular weight is 443 g/mol. The summed E-state index contributed by atoms with van der Waals surface area (Å²) in [6.07, 6.45) is 0. The third-order valence-corrected chi connectivity index (χ3v) is 3.75. The van der Waals surface area contributed by atoms with E-state index in [1.54, 1.807) is 14.2 Å². The fourth-order valence-corrected chi connectivity index (χ4v) is 2.58. The molecule has 0 saturated carbocycles. The number of para-hydroxylation sites is 1. The molecule has 0 radical (unpaired) electrons. The Morgan fingerprint density at radius 3 is 2.54 bits per heavy atom. The van der Waals surface area contributed by atoms with Gasteiger partial charge in [-0.05, 0) is 26.0 Å². The third kappa shape index (κ3) is 5.15. The third-order valence-electron chi connectivity index (χ3n) is 3.75. The number of nitrogens with zero attached hydrogens (tertiary/aromatic N) is 2. The number of benzene rings is 1. The number of halogens is 1. The van der Waals surface area contributed by atoms with Crippen molar-refractivity contribution in [2.45, 2.75) is 26.9 Å². The van der Waals surface area contributed by atoms with E-state index in [-0.39, 0.29) is 24.0 Å². The maximum Gasteiger partial charge on any atom is 0.193 e. The Morgan fingerprint density at radius 1 is 1.25 bits per heavy atom. The number of furan rings is 1. The Balaban J connectivity index is 0.00000288. The molecule has 1 N–H and O–H groups in total. The van der Waals surface area contributed by atoms with Crippen LogP contribution in [0.1, 0.15) is 22.6 Å². The minimum absolute atomic E-state index is 0. The van der Waals surface area contributed by atoms with Gasteiger partial charge in [0.05, 0.1) is 7.11 Å². The lowest BCUT2D eigenvalue weighted by Crippen LogP contribution is -2.38. The fraction of sp³-hybridized carbons (Fsp3) is 0.389. The van der Waals surface area contributed by atoms with Crippen LogP contribution >= 0.6 is 24.0 Å². The zero-order chi connectivity index (χ0) is 16.8. The van der Waals surface area contributed by atoms with Crippen LogP contribution in [-0.2, 0) is 13.1 Å². The number of nitrogens with one attached hydrogen (secondary N) is 1. The number of hydrogen-bond donors (Lipinski definition) is 1. The molecular weight excluding hydrogens is 417 g/mol. The van der Waals surface area contributed by atoms with E-state index in [1.165, 1.54) is 0 Å². The van der Waals surface area contributed by atoms with Gasteiger partial charge in [0.15, 0.2) is 5.96 Å². The van der Waals surface area contributed by atoms with Crippen molar-refractivity contribution >= 4 is 29.9 Å². The second-order valence-corrected chi connectivity index (χ2v) is 5.51. The highest BCUT2D eigenvalue weighted by Crippen LogP contribution is 2.19. The first-order chi connectivity index (χ1) is 11.0. The molecule has 0 bridgehead atoms. The minimum Gasteiger partial charge on any atom is -0.496 e.